The maximum atomic E-state index is 5.43. The van der Waals surface area contributed by atoms with Gasteiger partial charge in [0.2, 0.25) is 5.95 Å². The molecule has 4 nitrogen and oxygen atoms in total. The molecule has 0 spiro atoms. The minimum Gasteiger partial charge on any atom is -0.381 e. The molecule has 0 aliphatic heterocycles. The van der Waals surface area contributed by atoms with Crippen molar-refractivity contribution in [1.29, 1.82) is 0 Å². The smallest absolute Gasteiger partial charge is 0.202 e. The van der Waals surface area contributed by atoms with Gasteiger partial charge in [0, 0.05) is 38.7 Å². The third-order valence-corrected chi connectivity index (χ3v) is 2.57. The summed E-state index contributed by atoms with van der Waals surface area (Å²) in [5.74, 6) is 0.981. The van der Waals surface area contributed by atoms with Crippen molar-refractivity contribution in [3.8, 4) is 0 Å². The van der Waals surface area contributed by atoms with Crippen LogP contribution in [0.1, 0.15) is 39.5 Å². The zero-order valence-electron chi connectivity index (χ0n) is 11.1. The Morgan fingerprint density at radius 1 is 1.24 bits per heavy atom. The molecule has 0 atom stereocenters. The average Bonchev–Trinajstić information content (AvgIpc) is 2.78. The fourth-order valence-corrected chi connectivity index (χ4v) is 1.61. The molecule has 0 bridgehead atoms. The van der Waals surface area contributed by atoms with Gasteiger partial charge in [-0.3, -0.25) is 0 Å². The lowest BCUT2D eigenvalue weighted by Crippen LogP contribution is -2.11. The summed E-state index contributed by atoms with van der Waals surface area (Å²) in [6.45, 7) is 8.00. The molecule has 1 rings (SSSR count). The standard InChI is InChI=1S/C13H25N3O/c1-3-5-9-16-10-8-15-13(16)14-7-6-12-17-11-4-2/h8,10H,3-7,9,11-12H2,1-2H3,(H,14,15). The first kappa shape index (κ1) is 14.0. The van der Waals surface area contributed by atoms with Crippen molar-refractivity contribution in [3.05, 3.63) is 12.4 Å². The van der Waals surface area contributed by atoms with E-state index in [1.165, 1.54) is 12.8 Å². The van der Waals surface area contributed by atoms with Crippen LogP contribution in [0, 0.1) is 0 Å². The fraction of sp³-hybridized carbons (Fsp3) is 0.769. The number of nitrogens with one attached hydrogen (secondary N) is 1. The molecule has 0 saturated carbocycles. The van der Waals surface area contributed by atoms with Gasteiger partial charge in [-0.15, -0.1) is 0 Å². The van der Waals surface area contributed by atoms with Crippen molar-refractivity contribution in [2.75, 3.05) is 25.1 Å². The van der Waals surface area contributed by atoms with Gasteiger partial charge < -0.3 is 14.6 Å². The number of ether oxygens (including phenoxy) is 1. The summed E-state index contributed by atoms with van der Waals surface area (Å²) in [5.41, 5.74) is 0. The van der Waals surface area contributed by atoms with Gasteiger partial charge in [0.25, 0.3) is 0 Å². The molecule has 1 N–H and O–H groups in total. The van der Waals surface area contributed by atoms with Crippen molar-refractivity contribution < 1.29 is 4.74 Å². The molecule has 0 aromatic carbocycles. The topological polar surface area (TPSA) is 39.1 Å². The van der Waals surface area contributed by atoms with Crippen LogP contribution >= 0.6 is 0 Å². The number of aryl methyl sites for hydroxylation is 1. The zero-order chi connectivity index (χ0) is 12.3. The van der Waals surface area contributed by atoms with Gasteiger partial charge in [0.15, 0.2) is 0 Å². The largest absolute Gasteiger partial charge is 0.381 e. The highest BCUT2D eigenvalue weighted by molar-refractivity contribution is 5.25. The van der Waals surface area contributed by atoms with Crippen LogP contribution in [-0.2, 0) is 11.3 Å². The lowest BCUT2D eigenvalue weighted by molar-refractivity contribution is 0.134. The zero-order valence-corrected chi connectivity index (χ0v) is 11.1. The number of aromatic nitrogens is 2. The van der Waals surface area contributed by atoms with Crippen LogP contribution in [0.2, 0.25) is 0 Å². The minimum absolute atomic E-state index is 0.830. The molecule has 17 heavy (non-hydrogen) atoms. The molecular formula is C13H25N3O. The van der Waals surface area contributed by atoms with E-state index in [0.717, 1.165) is 45.1 Å². The van der Waals surface area contributed by atoms with E-state index >= 15 is 0 Å². The molecule has 1 heterocycles. The van der Waals surface area contributed by atoms with Gasteiger partial charge in [0.05, 0.1) is 0 Å². The lowest BCUT2D eigenvalue weighted by atomic mass is 10.3. The van der Waals surface area contributed by atoms with Crippen LogP contribution < -0.4 is 5.32 Å². The fourth-order valence-electron chi connectivity index (χ4n) is 1.61. The Kier molecular flexibility index (Phi) is 7.47. The summed E-state index contributed by atoms with van der Waals surface area (Å²) in [6, 6.07) is 0. The molecule has 98 valence electrons. The van der Waals surface area contributed by atoms with Gasteiger partial charge >= 0.3 is 0 Å². The second kappa shape index (κ2) is 9.05. The predicted octanol–water partition coefficient (Wildman–Crippen LogP) is 2.91. The Balaban J connectivity index is 2.15. The Hall–Kier alpha value is -1.03. The number of nitrogens with zero attached hydrogens (tertiary/aromatic N) is 2. The maximum Gasteiger partial charge on any atom is 0.202 e. The number of imidazole rings is 1. The summed E-state index contributed by atoms with van der Waals surface area (Å²) in [5, 5.41) is 3.35. The van der Waals surface area contributed by atoms with E-state index in [0.29, 0.717) is 0 Å². The first-order chi connectivity index (χ1) is 8.38. The van der Waals surface area contributed by atoms with E-state index in [1.807, 2.05) is 12.4 Å². The quantitative estimate of drug-likeness (QED) is 0.638. The Bertz CT molecular complexity index is 286. The summed E-state index contributed by atoms with van der Waals surface area (Å²) in [7, 11) is 0. The van der Waals surface area contributed by atoms with Crippen molar-refractivity contribution >= 4 is 5.95 Å². The number of unbranched alkanes of at least 4 members (excludes halogenated alkanes) is 1. The molecular weight excluding hydrogens is 214 g/mol. The van der Waals surface area contributed by atoms with Crippen LogP contribution in [0.3, 0.4) is 0 Å². The third kappa shape index (κ3) is 5.73. The van der Waals surface area contributed by atoms with Gasteiger partial charge in [0.1, 0.15) is 0 Å². The average molecular weight is 239 g/mol. The maximum absolute atomic E-state index is 5.43. The van der Waals surface area contributed by atoms with Crippen molar-refractivity contribution in [1.82, 2.24) is 9.55 Å². The van der Waals surface area contributed by atoms with Crippen molar-refractivity contribution in [2.24, 2.45) is 0 Å². The molecule has 1 aromatic rings. The Morgan fingerprint density at radius 3 is 2.88 bits per heavy atom. The highest BCUT2D eigenvalue weighted by atomic mass is 16.5. The summed E-state index contributed by atoms with van der Waals surface area (Å²) in [4.78, 5) is 4.31. The first-order valence-electron chi connectivity index (χ1n) is 6.71. The van der Waals surface area contributed by atoms with Crippen molar-refractivity contribution in [2.45, 2.75) is 46.1 Å². The highest BCUT2D eigenvalue weighted by Crippen LogP contribution is 2.06. The highest BCUT2D eigenvalue weighted by Gasteiger charge is 2.00. The molecule has 0 saturated heterocycles. The van der Waals surface area contributed by atoms with E-state index in [2.05, 4.69) is 28.7 Å². The molecule has 0 aliphatic carbocycles. The molecule has 0 radical (unpaired) electrons. The van der Waals surface area contributed by atoms with E-state index in [9.17, 15) is 0 Å². The Labute approximate surface area is 104 Å². The van der Waals surface area contributed by atoms with Gasteiger partial charge in [-0.25, -0.2) is 4.98 Å². The van der Waals surface area contributed by atoms with E-state index in [4.69, 9.17) is 4.74 Å². The minimum atomic E-state index is 0.830. The molecule has 4 heteroatoms. The van der Waals surface area contributed by atoms with Gasteiger partial charge in [-0.1, -0.05) is 20.3 Å². The van der Waals surface area contributed by atoms with E-state index in [-0.39, 0.29) is 0 Å². The molecule has 0 fully saturated rings. The van der Waals surface area contributed by atoms with Crippen LogP contribution in [0.4, 0.5) is 5.95 Å². The summed E-state index contributed by atoms with van der Waals surface area (Å²) < 4.78 is 7.61. The molecule has 0 unspecified atom stereocenters. The lowest BCUT2D eigenvalue weighted by Gasteiger charge is -2.09. The van der Waals surface area contributed by atoms with Crippen LogP contribution in [0.15, 0.2) is 12.4 Å². The normalized spacial score (nSPS) is 10.7. The number of hydrogen-bond acceptors (Lipinski definition) is 3. The van der Waals surface area contributed by atoms with E-state index < -0.39 is 0 Å². The number of anilines is 1. The number of hydrogen-bond donors (Lipinski definition) is 1. The summed E-state index contributed by atoms with van der Waals surface area (Å²) in [6.07, 6.45) is 8.42. The summed E-state index contributed by atoms with van der Waals surface area (Å²) >= 11 is 0. The van der Waals surface area contributed by atoms with Crippen LogP contribution in [0.25, 0.3) is 0 Å². The van der Waals surface area contributed by atoms with Gasteiger partial charge in [-0.05, 0) is 19.3 Å². The Morgan fingerprint density at radius 2 is 2.12 bits per heavy atom. The third-order valence-electron chi connectivity index (χ3n) is 2.57. The van der Waals surface area contributed by atoms with Crippen LogP contribution in [-0.4, -0.2) is 29.3 Å². The van der Waals surface area contributed by atoms with Crippen LogP contribution in [0.5, 0.6) is 0 Å². The number of rotatable bonds is 10. The van der Waals surface area contributed by atoms with Crippen molar-refractivity contribution in [3.63, 3.8) is 0 Å². The van der Waals surface area contributed by atoms with Gasteiger partial charge in [-0.2, -0.15) is 0 Å². The second-order valence-electron chi connectivity index (χ2n) is 4.19. The molecule has 1 aromatic heterocycles. The monoisotopic (exact) mass is 239 g/mol. The predicted molar refractivity (Wildman–Crippen MR) is 71.4 cm³/mol. The molecule has 0 amide bonds. The molecule has 0 aliphatic rings. The van der Waals surface area contributed by atoms with E-state index in [1.54, 1.807) is 0 Å². The first-order valence-corrected chi connectivity index (χ1v) is 6.71. The second-order valence-corrected chi connectivity index (χ2v) is 4.19. The SMILES string of the molecule is CCCCn1ccnc1NCCCOCCC.